The zero-order valence-electron chi connectivity index (χ0n) is 17.5. The standard InChI is InChI=1S/C21H22N6O4/c1-22-21(28)12-4-6-14(7-5-12)27-20(23-24-25-27)17-16-13(8-9-26(17)2)10-15-18(19(16)29-3)31-11-30-15/h4-7,10,17H,8-9,11H2,1-3H3,(H,22,28)/t17-/m1/s1. The van der Waals surface area contributed by atoms with Crippen molar-refractivity contribution in [2.75, 3.05) is 34.5 Å². The summed E-state index contributed by atoms with van der Waals surface area (Å²) in [4.78, 5) is 14.1. The maximum absolute atomic E-state index is 11.9. The first-order chi connectivity index (χ1) is 15.1. The zero-order valence-corrected chi connectivity index (χ0v) is 17.5. The predicted octanol–water partition coefficient (Wildman–Crippen LogP) is 1.34. The van der Waals surface area contributed by atoms with Crippen molar-refractivity contribution in [3.8, 4) is 22.9 Å². The fourth-order valence-electron chi connectivity index (χ4n) is 4.21. The Hall–Kier alpha value is -3.66. The smallest absolute Gasteiger partial charge is 0.251 e. The number of fused-ring (bicyclic) bond motifs is 2. The van der Waals surface area contributed by atoms with Gasteiger partial charge in [0.15, 0.2) is 17.3 Å². The Kier molecular flexibility index (Phi) is 4.70. The van der Waals surface area contributed by atoms with E-state index in [2.05, 4.69) is 25.7 Å². The van der Waals surface area contributed by atoms with Crippen LogP contribution in [0.5, 0.6) is 17.2 Å². The van der Waals surface area contributed by atoms with E-state index in [0.29, 0.717) is 28.6 Å². The van der Waals surface area contributed by atoms with Crippen LogP contribution in [0.2, 0.25) is 0 Å². The molecule has 2 aliphatic rings. The molecule has 1 amide bonds. The van der Waals surface area contributed by atoms with E-state index >= 15 is 0 Å². The van der Waals surface area contributed by atoms with Gasteiger partial charge in [0.05, 0.1) is 12.8 Å². The van der Waals surface area contributed by atoms with Gasteiger partial charge in [-0.15, -0.1) is 5.10 Å². The van der Waals surface area contributed by atoms with Crippen LogP contribution in [0.25, 0.3) is 5.69 Å². The van der Waals surface area contributed by atoms with Gasteiger partial charge < -0.3 is 19.5 Å². The monoisotopic (exact) mass is 422 g/mol. The van der Waals surface area contributed by atoms with Gasteiger partial charge in [-0.25, -0.2) is 0 Å². The number of hydrogen-bond acceptors (Lipinski definition) is 8. The lowest BCUT2D eigenvalue weighted by Crippen LogP contribution is -2.35. The number of rotatable bonds is 4. The van der Waals surface area contributed by atoms with Gasteiger partial charge in [0, 0.05) is 24.7 Å². The topological polar surface area (TPSA) is 104 Å². The highest BCUT2D eigenvalue weighted by molar-refractivity contribution is 5.94. The third-order valence-corrected chi connectivity index (χ3v) is 5.74. The molecule has 5 rings (SSSR count). The van der Waals surface area contributed by atoms with E-state index in [1.165, 1.54) is 0 Å². The molecular formula is C21H22N6O4. The van der Waals surface area contributed by atoms with Crippen molar-refractivity contribution in [2.45, 2.75) is 12.5 Å². The molecular weight excluding hydrogens is 400 g/mol. The summed E-state index contributed by atoms with van der Waals surface area (Å²) in [6, 6.07) is 8.91. The molecule has 0 aliphatic carbocycles. The van der Waals surface area contributed by atoms with Crippen LogP contribution in [-0.2, 0) is 6.42 Å². The van der Waals surface area contributed by atoms with Crippen LogP contribution in [0, 0.1) is 0 Å². The van der Waals surface area contributed by atoms with E-state index in [9.17, 15) is 4.79 Å². The van der Waals surface area contributed by atoms with Crippen molar-refractivity contribution in [1.82, 2.24) is 30.4 Å². The number of ether oxygens (including phenoxy) is 3. The van der Waals surface area contributed by atoms with Crippen LogP contribution in [0.1, 0.15) is 33.4 Å². The van der Waals surface area contributed by atoms with E-state index in [1.54, 1.807) is 31.0 Å². The SMILES string of the molecule is CNC(=O)c1ccc(-n2nnnc2[C@H]2c3c(cc4c(c3OC)OCO4)CCN2C)cc1. The first kappa shape index (κ1) is 19.3. The van der Waals surface area contributed by atoms with E-state index in [1.807, 2.05) is 25.2 Å². The molecule has 31 heavy (non-hydrogen) atoms. The van der Waals surface area contributed by atoms with Crippen molar-refractivity contribution in [3.63, 3.8) is 0 Å². The average molecular weight is 422 g/mol. The molecule has 1 atom stereocenters. The Labute approximate surface area is 178 Å². The van der Waals surface area contributed by atoms with Crippen molar-refractivity contribution < 1.29 is 19.0 Å². The van der Waals surface area contributed by atoms with Crippen LogP contribution in [0.3, 0.4) is 0 Å². The maximum atomic E-state index is 11.9. The van der Waals surface area contributed by atoms with Crippen LogP contribution >= 0.6 is 0 Å². The number of tetrazole rings is 1. The molecule has 0 saturated carbocycles. The van der Waals surface area contributed by atoms with E-state index in [-0.39, 0.29) is 18.7 Å². The number of carbonyl (C=O) groups is 1. The van der Waals surface area contributed by atoms with Gasteiger partial charge in [0.2, 0.25) is 12.5 Å². The van der Waals surface area contributed by atoms with E-state index in [4.69, 9.17) is 14.2 Å². The second kappa shape index (κ2) is 7.55. The number of nitrogens with zero attached hydrogens (tertiary/aromatic N) is 5. The van der Waals surface area contributed by atoms with Crippen LogP contribution in [0.4, 0.5) is 0 Å². The number of aromatic nitrogens is 4. The van der Waals surface area contributed by atoms with Gasteiger partial charge in [-0.05, 0) is 59.8 Å². The Morgan fingerprint density at radius 2 is 2.06 bits per heavy atom. The quantitative estimate of drug-likeness (QED) is 0.672. The summed E-state index contributed by atoms with van der Waals surface area (Å²) in [6.07, 6.45) is 0.845. The molecule has 3 aromatic rings. The van der Waals surface area contributed by atoms with Crippen molar-refractivity contribution in [3.05, 3.63) is 52.8 Å². The highest BCUT2D eigenvalue weighted by Crippen LogP contribution is 2.50. The first-order valence-corrected chi connectivity index (χ1v) is 9.92. The normalized spacial score (nSPS) is 17.3. The van der Waals surface area contributed by atoms with Gasteiger partial charge in [0.25, 0.3) is 5.91 Å². The van der Waals surface area contributed by atoms with Gasteiger partial charge >= 0.3 is 0 Å². The highest BCUT2D eigenvalue weighted by Gasteiger charge is 2.37. The molecule has 0 unspecified atom stereocenters. The van der Waals surface area contributed by atoms with Crippen LogP contribution < -0.4 is 19.5 Å². The number of benzene rings is 2. The molecule has 10 heteroatoms. The molecule has 160 valence electrons. The summed E-state index contributed by atoms with van der Waals surface area (Å²) in [5.74, 6) is 2.45. The number of likely N-dealkylation sites (N-methyl/N-ethyl adjacent to an activating group) is 1. The minimum atomic E-state index is -0.248. The van der Waals surface area contributed by atoms with Crippen molar-refractivity contribution in [2.24, 2.45) is 0 Å². The molecule has 3 heterocycles. The molecule has 1 aromatic heterocycles. The summed E-state index contributed by atoms with van der Waals surface area (Å²) in [6.45, 7) is 0.994. The third kappa shape index (κ3) is 3.07. The van der Waals surface area contributed by atoms with Gasteiger partial charge in [-0.2, -0.15) is 4.68 Å². The van der Waals surface area contributed by atoms with Gasteiger partial charge in [0.1, 0.15) is 6.04 Å². The molecule has 10 nitrogen and oxygen atoms in total. The lowest BCUT2D eigenvalue weighted by molar-refractivity contribution is 0.0963. The number of hydrogen-bond donors (Lipinski definition) is 1. The predicted molar refractivity (Wildman–Crippen MR) is 110 cm³/mol. The second-order valence-electron chi connectivity index (χ2n) is 7.42. The molecule has 0 radical (unpaired) electrons. The van der Waals surface area contributed by atoms with E-state index < -0.39 is 0 Å². The van der Waals surface area contributed by atoms with Crippen molar-refractivity contribution >= 4 is 5.91 Å². The largest absolute Gasteiger partial charge is 0.492 e. The third-order valence-electron chi connectivity index (χ3n) is 5.74. The molecule has 1 N–H and O–H groups in total. The fourth-order valence-corrected chi connectivity index (χ4v) is 4.21. The molecule has 0 spiro atoms. The first-order valence-electron chi connectivity index (χ1n) is 9.92. The Morgan fingerprint density at radius 3 is 2.81 bits per heavy atom. The summed E-state index contributed by atoms with van der Waals surface area (Å²) >= 11 is 0. The molecule has 2 aromatic carbocycles. The number of carbonyl (C=O) groups excluding carboxylic acids is 1. The summed E-state index contributed by atoms with van der Waals surface area (Å²) in [5, 5.41) is 15.1. The Morgan fingerprint density at radius 1 is 1.26 bits per heavy atom. The summed E-state index contributed by atoms with van der Waals surface area (Å²) in [7, 11) is 5.26. The average Bonchev–Trinajstić information content (AvgIpc) is 3.47. The minimum absolute atomic E-state index is 0.148. The van der Waals surface area contributed by atoms with Crippen LogP contribution in [-0.4, -0.2) is 65.6 Å². The number of nitrogens with one attached hydrogen (secondary N) is 1. The summed E-state index contributed by atoms with van der Waals surface area (Å²) < 4.78 is 18.8. The van der Waals surface area contributed by atoms with Crippen molar-refractivity contribution in [1.29, 1.82) is 0 Å². The highest BCUT2D eigenvalue weighted by atomic mass is 16.7. The summed E-state index contributed by atoms with van der Waals surface area (Å²) in [5.41, 5.74) is 3.41. The zero-order chi connectivity index (χ0) is 21.5. The van der Waals surface area contributed by atoms with Gasteiger partial charge in [-0.1, -0.05) is 0 Å². The fraction of sp³-hybridized carbons (Fsp3) is 0.333. The molecule has 0 fully saturated rings. The maximum Gasteiger partial charge on any atom is 0.251 e. The number of amides is 1. The van der Waals surface area contributed by atoms with Gasteiger partial charge in [-0.3, -0.25) is 9.69 Å². The Balaban J connectivity index is 1.62. The lowest BCUT2D eigenvalue weighted by Gasteiger charge is -2.34. The molecule has 0 bridgehead atoms. The molecule has 0 saturated heterocycles. The minimum Gasteiger partial charge on any atom is -0.492 e. The lowest BCUT2D eigenvalue weighted by atomic mass is 9.90. The van der Waals surface area contributed by atoms with E-state index in [0.717, 1.165) is 29.8 Å². The number of methoxy groups -OCH3 is 1. The second-order valence-corrected chi connectivity index (χ2v) is 7.42. The van der Waals surface area contributed by atoms with Crippen LogP contribution in [0.15, 0.2) is 30.3 Å². The Bertz CT molecular complexity index is 1140. The molecule has 2 aliphatic heterocycles.